The van der Waals surface area contributed by atoms with E-state index in [4.69, 9.17) is 10.5 Å². The molecule has 1 heterocycles. The van der Waals surface area contributed by atoms with E-state index in [0.717, 1.165) is 83.2 Å². The summed E-state index contributed by atoms with van der Waals surface area (Å²) >= 11 is 1.85. The summed E-state index contributed by atoms with van der Waals surface area (Å²) in [6, 6.07) is 11.1. The molecule has 1 aliphatic carbocycles. The number of amides is 2. The summed E-state index contributed by atoms with van der Waals surface area (Å²) in [7, 11) is 0. The lowest BCUT2D eigenvalue weighted by Gasteiger charge is -2.35. The molecule has 7 nitrogen and oxygen atoms in total. The van der Waals surface area contributed by atoms with Gasteiger partial charge < -0.3 is 15.8 Å². The molecule has 0 bridgehead atoms. The Morgan fingerprint density at radius 3 is 2.15 bits per heavy atom. The lowest BCUT2D eigenvalue weighted by Crippen LogP contribution is -2.41. The first-order valence-corrected chi connectivity index (χ1v) is 19.9. The van der Waals surface area contributed by atoms with Gasteiger partial charge in [-0.2, -0.15) is 0 Å². The molecule has 0 saturated heterocycles. The highest BCUT2D eigenvalue weighted by Gasteiger charge is 2.26. The van der Waals surface area contributed by atoms with Crippen molar-refractivity contribution in [1.29, 1.82) is 0 Å². The van der Waals surface area contributed by atoms with E-state index in [-0.39, 0.29) is 17.8 Å². The van der Waals surface area contributed by atoms with Crippen LogP contribution in [-0.4, -0.2) is 48.4 Å². The predicted octanol–water partition coefficient (Wildman–Crippen LogP) is 8.94. The van der Waals surface area contributed by atoms with Crippen LogP contribution in [0.1, 0.15) is 146 Å². The zero-order valence-electron chi connectivity index (χ0n) is 30.4. The number of thiophene rings is 1. The SMILES string of the molecule is CCCCNC(=O)CCCCCCCCCCCCC(N)=O.CCCN(CCc1cccs1)[C@@H]1CCc2c(cccc2OC(=O)CC)C1. The van der Waals surface area contributed by atoms with E-state index in [9.17, 15) is 14.4 Å². The normalized spacial score (nSPS) is 13.8. The number of rotatable bonds is 24. The van der Waals surface area contributed by atoms with Gasteiger partial charge in [-0.3, -0.25) is 19.3 Å². The third kappa shape index (κ3) is 18.2. The monoisotopic (exact) mass is 683 g/mol. The standard InChI is InChI=1S/C22H29NO2S.C18H36N2O2/c1-3-13-23(14-12-19-8-6-15-26-19)18-10-11-20-17(16-18)7-5-9-21(20)25-22(24)4-2;1-2-3-16-20-18(22)15-13-11-9-7-5-4-6-8-10-12-14-17(19)21/h5-9,15,18H,3-4,10-14,16H2,1-2H3;2-16H2,1H3,(H2,19,21)(H,20,22)/t18-;/m1./s1. The van der Waals surface area contributed by atoms with Crippen LogP contribution in [0.3, 0.4) is 0 Å². The highest BCUT2D eigenvalue weighted by Crippen LogP contribution is 2.32. The van der Waals surface area contributed by atoms with Crippen molar-refractivity contribution in [1.82, 2.24) is 10.2 Å². The fourth-order valence-electron chi connectivity index (χ4n) is 6.32. The lowest BCUT2D eigenvalue weighted by molar-refractivity contribution is -0.134. The summed E-state index contributed by atoms with van der Waals surface area (Å²) in [6.07, 6.45) is 21.2. The molecule has 0 saturated carbocycles. The molecule has 48 heavy (non-hydrogen) atoms. The average molecular weight is 684 g/mol. The number of unbranched alkanes of at least 4 members (excludes halogenated alkanes) is 10. The summed E-state index contributed by atoms with van der Waals surface area (Å²) in [5.74, 6) is 0.654. The van der Waals surface area contributed by atoms with E-state index in [1.54, 1.807) is 0 Å². The van der Waals surface area contributed by atoms with Crippen molar-refractivity contribution in [2.45, 2.75) is 155 Å². The molecule has 2 aromatic rings. The van der Waals surface area contributed by atoms with Crippen LogP contribution in [0.2, 0.25) is 0 Å². The Morgan fingerprint density at radius 1 is 0.854 bits per heavy atom. The highest BCUT2D eigenvalue weighted by molar-refractivity contribution is 7.09. The maximum Gasteiger partial charge on any atom is 0.310 e. The number of ether oxygens (including phenoxy) is 1. The largest absolute Gasteiger partial charge is 0.426 e. The van der Waals surface area contributed by atoms with Crippen LogP contribution in [-0.2, 0) is 33.6 Å². The quantitative estimate of drug-likeness (QED) is 0.0654. The van der Waals surface area contributed by atoms with Crippen LogP contribution >= 0.6 is 11.3 Å². The fourth-order valence-corrected chi connectivity index (χ4v) is 7.02. The second kappa shape index (κ2) is 26.2. The molecule has 0 radical (unpaired) electrons. The molecule has 270 valence electrons. The lowest BCUT2D eigenvalue weighted by atomic mass is 9.86. The molecule has 3 rings (SSSR count). The fraction of sp³-hybridized carbons (Fsp3) is 0.675. The number of nitrogens with zero attached hydrogens (tertiary/aromatic N) is 1. The summed E-state index contributed by atoms with van der Waals surface area (Å²) in [6.45, 7) is 9.33. The second-order valence-corrected chi connectivity index (χ2v) is 14.2. The third-order valence-corrected chi connectivity index (χ3v) is 10.0. The van der Waals surface area contributed by atoms with Crippen LogP contribution < -0.4 is 15.8 Å². The van der Waals surface area contributed by atoms with Crippen LogP contribution in [0, 0.1) is 0 Å². The first-order chi connectivity index (χ1) is 23.4. The Hall–Kier alpha value is -2.71. The first kappa shape index (κ1) is 41.5. The van der Waals surface area contributed by atoms with Gasteiger partial charge in [0.25, 0.3) is 0 Å². The van der Waals surface area contributed by atoms with Crippen molar-refractivity contribution in [2.24, 2.45) is 5.73 Å². The van der Waals surface area contributed by atoms with Crippen molar-refractivity contribution in [3.05, 3.63) is 51.7 Å². The number of carbonyl (C=O) groups is 3. The molecule has 0 spiro atoms. The maximum absolute atomic E-state index is 11.7. The van der Waals surface area contributed by atoms with Gasteiger partial charge in [0, 0.05) is 43.3 Å². The van der Waals surface area contributed by atoms with E-state index >= 15 is 0 Å². The highest BCUT2D eigenvalue weighted by atomic mass is 32.1. The first-order valence-electron chi connectivity index (χ1n) is 19.0. The van der Waals surface area contributed by atoms with Crippen LogP contribution in [0.5, 0.6) is 5.75 Å². The van der Waals surface area contributed by atoms with E-state index < -0.39 is 0 Å². The maximum atomic E-state index is 11.7. The zero-order valence-corrected chi connectivity index (χ0v) is 31.2. The van der Waals surface area contributed by atoms with Crippen LogP contribution in [0.15, 0.2) is 35.7 Å². The second-order valence-electron chi connectivity index (χ2n) is 13.2. The minimum absolute atomic E-state index is 0.149. The van der Waals surface area contributed by atoms with Crippen molar-refractivity contribution < 1.29 is 19.1 Å². The summed E-state index contributed by atoms with van der Waals surface area (Å²) in [4.78, 5) is 37.9. The van der Waals surface area contributed by atoms with E-state index in [2.05, 4.69) is 47.6 Å². The number of nitrogens with two attached hydrogens (primary N) is 1. The molecule has 0 fully saturated rings. The number of benzene rings is 1. The molecular formula is C40H65N3O4S. The van der Waals surface area contributed by atoms with Crippen molar-refractivity contribution in [3.8, 4) is 5.75 Å². The van der Waals surface area contributed by atoms with Gasteiger partial charge >= 0.3 is 5.97 Å². The minimum atomic E-state index is -0.181. The molecule has 1 aliphatic rings. The summed E-state index contributed by atoms with van der Waals surface area (Å²) < 4.78 is 5.55. The molecule has 0 aliphatic heterocycles. The van der Waals surface area contributed by atoms with Gasteiger partial charge in [-0.25, -0.2) is 0 Å². The molecule has 2 amide bonds. The molecule has 3 N–H and O–H groups in total. The van der Waals surface area contributed by atoms with Crippen molar-refractivity contribution in [2.75, 3.05) is 19.6 Å². The third-order valence-electron chi connectivity index (χ3n) is 9.11. The molecule has 1 aromatic carbocycles. The minimum Gasteiger partial charge on any atom is -0.426 e. The van der Waals surface area contributed by atoms with Gasteiger partial charge in [0.1, 0.15) is 5.75 Å². The Kier molecular flexibility index (Phi) is 22.6. The number of nitrogens with one attached hydrogen (secondary N) is 1. The molecule has 1 atom stereocenters. The van der Waals surface area contributed by atoms with Gasteiger partial charge in [0.2, 0.25) is 11.8 Å². The molecule has 8 heteroatoms. The van der Waals surface area contributed by atoms with Gasteiger partial charge in [-0.15, -0.1) is 11.3 Å². The predicted molar refractivity (Wildman–Crippen MR) is 201 cm³/mol. The smallest absolute Gasteiger partial charge is 0.310 e. The Bertz CT molecular complexity index is 1150. The number of primary amides is 1. The zero-order chi connectivity index (χ0) is 34.8. The topological polar surface area (TPSA) is 102 Å². The van der Waals surface area contributed by atoms with Gasteiger partial charge in [-0.1, -0.05) is 96.8 Å². The molecule has 0 unspecified atom stereocenters. The Morgan fingerprint density at radius 2 is 1.54 bits per heavy atom. The van der Waals surface area contributed by atoms with Crippen LogP contribution in [0.25, 0.3) is 0 Å². The van der Waals surface area contributed by atoms with E-state index in [0.29, 0.717) is 25.3 Å². The molecular weight excluding hydrogens is 619 g/mol. The summed E-state index contributed by atoms with van der Waals surface area (Å²) in [5.41, 5.74) is 7.68. The number of esters is 1. The summed E-state index contributed by atoms with van der Waals surface area (Å²) in [5, 5.41) is 5.12. The number of carbonyl (C=O) groups excluding carboxylic acids is 3. The van der Waals surface area contributed by atoms with Gasteiger partial charge in [0.05, 0.1) is 0 Å². The van der Waals surface area contributed by atoms with Crippen LogP contribution in [0.4, 0.5) is 0 Å². The number of fused-ring (bicyclic) bond motifs is 1. The number of hydrogen-bond donors (Lipinski definition) is 2. The van der Waals surface area contributed by atoms with Crippen molar-refractivity contribution >= 4 is 29.1 Å². The Labute approximate surface area is 295 Å². The van der Waals surface area contributed by atoms with Gasteiger partial charge in [-0.05, 0) is 86.6 Å². The van der Waals surface area contributed by atoms with E-state index in [1.807, 2.05) is 30.4 Å². The molecule has 1 aromatic heterocycles. The Balaban J connectivity index is 0.000000340. The number of hydrogen-bond acceptors (Lipinski definition) is 6. The van der Waals surface area contributed by atoms with E-state index in [1.165, 1.54) is 67.4 Å². The van der Waals surface area contributed by atoms with Crippen molar-refractivity contribution in [3.63, 3.8) is 0 Å². The van der Waals surface area contributed by atoms with Gasteiger partial charge in [0.15, 0.2) is 0 Å². The average Bonchev–Trinajstić information content (AvgIpc) is 3.61.